The summed E-state index contributed by atoms with van der Waals surface area (Å²) in [5.74, 6) is 0. The summed E-state index contributed by atoms with van der Waals surface area (Å²) in [5.41, 5.74) is 0. The smallest absolute Gasteiger partial charge is 0.907 e. The molecule has 0 amide bonds. The molecule has 6 nitrogen and oxygen atoms in total. The molecule has 0 radical (unpaired) electrons. The molecule has 0 aromatic rings. The summed E-state index contributed by atoms with van der Waals surface area (Å²) in [5, 5.41) is 50.5. The first-order valence-corrected chi connectivity index (χ1v) is 1.41. The maximum Gasteiger partial charge on any atom is 1.00 e. The van der Waals surface area contributed by atoms with Gasteiger partial charge in [-0.05, 0) is 0 Å². The maximum absolute atomic E-state index is 8.42. The van der Waals surface area contributed by atoms with Crippen molar-refractivity contribution in [2.24, 2.45) is 0 Å². The van der Waals surface area contributed by atoms with E-state index in [2.05, 4.69) is 0 Å². The Hall–Kier alpha value is 0.890. The molecule has 0 aliphatic rings. The van der Waals surface area contributed by atoms with Crippen LogP contribution in [0.25, 0.3) is 0 Å². The fraction of sp³-hybridized carbons (Fsp3) is 0. The number of hydrogen-bond acceptors (Lipinski definition) is 6. The van der Waals surface area contributed by atoms with Gasteiger partial charge in [-0.15, -0.1) is 0 Å². The van der Waals surface area contributed by atoms with Crippen LogP contribution in [-0.2, 0) is 0 Å². The topological polar surface area (TPSA) is 138 Å². The van der Waals surface area contributed by atoms with E-state index in [1.807, 2.05) is 0 Å². The molecule has 0 aliphatic heterocycles. The molecular weight excluding hydrogens is 141 g/mol. The molecule has 0 fully saturated rings. The molecule has 9 heavy (non-hydrogen) atoms. The Morgan fingerprint density at radius 2 is 0.556 bits per heavy atom. The van der Waals surface area contributed by atoms with Crippen LogP contribution in [-0.4, -0.2) is 14.6 Å². The summed E-state index contributed by atoms with van der Waals surface area (Å²) >= 11 is 0. The SMILES string of the molecule is [Na+].[O-]B([O-])[O-].[O-]B([O-])[O-]. The van der Waals surface area contributed by atoms with Gasteiger partial charge in [0.15, 0.2) is 0 Å². The fourth-order valence-electron chi connectivity index (χ4n) is 0. The standard InChI is InChI=1S/2BO3.Na/c2*2-1(3)4;/q2*-3;+1. The van der Waals surface area contributed by atoms with E-state index in [4.69, 9.17) is 30.1 Å². The summed E-state index contributed by atoms with van der Waals surface area (Å²) in [6.07, 6.45) is 0. The second-order valence-corrected chi connectivity index (χ2v) is 0.577. The fourth-order valence-corrected chi connectivity index (χ4v) is 0. The minimum absolute atomic E-state index is 0. The molecule has 0 rings (SSSR count). The van der Waals surface area contributed by atoms with Crippen molar-refractivity contribution >= 4 is 14.6 Å². The Morgan fingerprint density at radius 3 is 0.556 bits per heavy atom. The molecule has 0 heterocycles. The van der Waals surface area contributed by atoms with E-state index < -0.39 is 14.6 Å². The van der Waals surface area contributed by atoms with Gasteiger partial charge in [0.25, 0.3) is 0 Å². The average Bonchev–Trinajstić information content (AvgIpc) is 1.25. The van der Waals surface area contributed by atoms with Gasteiger partial charge in [0.1, 0.15) is 0 Å². The van der Waals surface area contributed by atoms with E-state index in [-0.39, 0.29) is 29.6 Å². The maximum atomic E-state index is 8.42. The molecule has 0 saturated carbocycles. The normalized spacial score (nSPS) is 6.00. The molecule has 0 aliphatic carbocycles. The Balaban J connectivity index is -0.0000000720. The van der Waals surface area contributed by atoms with Crippen molar-refractivity contribution in [3.05, 3.63) is 0 Å². The molecule has 0 saturated heterocycles. The molecule has 0 bridgehead atoms. The first-order valence-electron chi connectivity index (χ1n) is 1.41. The van der Waals surface area contributed by atoms with E-state index in [0.717, 1.165) is 0 Å². The summed E-state index contributed by atoms with van der Waals surface area (Å²) < 4.78 is 0. The monoisotopic (exact) mass is 141 g/mol. The van der Waals surface area contributed by atoms with Crippen molar-refractivity contribution in [3.63, 3.8) is 0 Å². The van der Waals surface area contributed by atoms with Gasteiger partial charge in [-0.2, -0.15) is 0 Å². The number of hydrogen-bond donors (Lipinski definition) is 0. The van der Waals surface area contributed by atoms with Gasteiger partial charge < -0.3 is 30.1 Å². The first-order chi connectivity index (χ1) is 3.46. The van der Waals surface area contributed by atoms with Crippen LogP contribution in [0.15, 0.2) is 0 Å². The second-order valence-electron chi connectivity index (χ2n) is 0.577. The minimum Gasteiger partial charge on any atom is -0.907 e. The Kier molecular flexibility index (Phi) is 21.3. The summed E-state index contributed by atoms with van der Waals surface area (Å²) in [4.78, 5) is 0. The second kappa shape index (κ2) is 11.7. The van der Waals surface area contributed by atoms with E-state index in [0.29, 0.717) is 0 Å². The Morgan fingerprint density at radius 1 is 0.556 bits per heavy atom. The van der Waals surface area contributed by atoms with Crippen LogP contribution < -0.4 is 59.7 Å². The molecule has 48 valence electrons. The van der Waals surface area contributed by atoms with Crippen molar-refractivity contribution in [2.75, 3.05) is 0 Å². The third-order valence-electron chi connectivity index (χ3n) is 0. The van der Waals surface area contributed by atoms with Crippen LogP contribution in [0.4, 0.5) is 0 Å². The van der Waals surface area contributed by atoms with Gasteiger partial charge in [-0.3, -0.25) is 14.6 Å². The molecule has 0 unspecified atom stereocenters. The van der Waals surface area contributed by atoms with Crippen LogP contribution in [0.5, 0.6) is 0 Å². The van der Waals surface area contributed by atoms with E-state index in [1.165, 1.54) is 0 Å². The van der Waals surface area contributed by atoms with Crippen molar-refractivity contribution in [3.8, 4) is 0 Å². The minimum atomic E-state index is -2.92. The van der Waals surface area contributed by atoms with Gasteiger partial charge in [-0.25, -0.2) is 0 Å². The first kappa shape index (κ1) is 16.5. The third kappa shape index (κ3) is 533. The van der Waals surface area contributed by atoms with Gasteiger partial charge in [0, 0.05) is 0 Å². The zero-order valence-electron chi connectivity index (χ0n) is 4.60. The van der Waals surface area contributed by atoms with Crippen molar-refractivity contribution in [1.29, 1.82) is 0 Å². The van der Waals surface area contributed by atoms with Crippen molar-refractivity contribution in [1.82, 2.24) is 0 Å². The molecule has 0 atom stereocenters. The zero-order chi connectivity index (χ0) is 7.15. The van der Waals surface area contributed by atoms with Crippen molar-refractivity contribution in [2.45, 2.75) is 0 Å². The zero-order valence-corrected chi connectivity index (χ0v) is 6.60. The molecule has 0 aromatic carbocycles. The molecule has 0 N–H and O–H groups in total. The van der Waals surface area contributed by atoms with E-state index in [9.17, 15) is 0 Å². The molecular formula is B2NaO6-5. The molecule has 0 spiro atoms. The summed E-state index contributed by atoms with van der Waals surface area (Å²) in [7, 11) is -5.83. The van der Waals surface area contributed by atoms with Crippen LogP contribution in [0, 0.1) is 0 Å². The summed E-state index contributed by atoms with van der Waals surface area (Å²) in [6, 6.07) is 0. The van der Waals surface area contributed by atoms with Crippen molar-refractivity contribution < 1.29 is 59.7 Å². The van der Waals surface area contributed by atoms with Crippen LogP contribution >= 0.6 is 0 Å². The predicted octanol–water partition coefficient (Wildman–Crippen LogP) is -10.9. The van der Waals surface area contributed by atoms with Gasteiger partial charge >= 0.3 is 29.6 Å². The third-order valence-corrected chi connectivity index (χ3v) is 0. The summed E-state index contributed by atoms with van der Waals surface area (Å²) in [6.45, 7) is 0. The van der Waals surface area contributed by atoms with Gasteiger partial charge in [0.05, 0.1) is 0 Å². The largest absolute Gasteiger partial charge is 1.00 e. The Bertz CT molecular complexity index is 26.5. The Labute approximate surface area is 74.4 Å². The van der Waals surface area contributed by atoms with Crippen LogP contribution in [0.3, 0.4) is 0 Å². The van der Waals surface area contributed by atoms with Gasteiger partial charge in [0.2, 0.25) is 0 Å². The molecule has 0 aromatic heterocycles. The van der Waals surface area contributed by atoms with Crippen LogP contribution in [0.1, 0.15) is 0 Å². The van der Waals surface area contributed by atoms with E-state index >= 15 is 0 Å². The van der Waals surface area contributed by atoms with E-state index in [1.54, 1.807) is 0 Å². The number of rotatable bonds is 0. The molecule has 9 heteroatoms. The predicted molar refractivity (Wildman–Crippen MR) is 11.5 cm³/mol. The van der Waals surface area contributed by atoms with Gasteiger partial charge in [-0.1, -0.05) is 0 Å². The average molecular weight is 141 g/mol. The quantitative estimate of drug-likeness (QED) is 0.306. The van der Waals surface area contributed by atoms with Crippen LogP contribution in [0.2, 0.25) is 0 Å².